The van der Waals surface area contributed by atoms with E-state index in [0.29, 0.717) is 0 Å². The van der Waals surface area contributed by atoms with Crippen molar-refractivity contribution in [3.8, 4) is 0 Å². The molecule has 0 aliphatic heterocycles. The smallest absolute Gasteiger partial charge is 0.0794 e. The van der Waals surface area contributed by atoms with Crippen LogP contribution in [-0.4, -0.2) is 4.98 Å². The van der Waals surface area contributed by atoms with E-state index < -0.39 is 0 Å². The largest absolute Gasteiger partial charge is 0.271 e. The molecular formula is C14H27N3S. The number of rotatable bonds is 11. The van der Waals surface area contributed by atoms with Gasteiger partial charge in [0.2, 0.25) is 0 Å². The second-order valence-electron chi connectivity index (χ2n) is 4.89. The summed E-state index contributed by atoms with van der Waals surface area (Å²) in [7, 11) is 0. The zero-order chi connectivity index (χ0) is 13.1. The molecular weight excluding hydrogens is 242 g/mol. The summed E-state index contributed by atoms with van der Waals surface area (Å²) in [4.78, 5) is 5.35. The number of thiazole rings is 1. The molecule has 1 unspecified atom stereocenters. The molecule has 1 atom stereocenters. The number of nitrogens with two attached hydrogens (primary N) is 1. The van der Waals surface area contributed by atoms with Crippen molar-refractivity contribution in [2.75, 3.05) is 0 Å². The first-order chi connectivity index (χ1) is 8.88. The van der Waals surface area contributed by atoms with Gasteiger partial charge in [-0.15, -0.1) is 11.3 Å². The average molecular weight is 269 g/mol. The number of hydrazine groups is 1. The lowest BCUT2D eigenvalue weighted by Gasteiger charge is -2.13. The first-order valence-corrected chi connectivity index (χ1v) is 8.11. The summed E-state index contributed by atoms with van der Waals surface area (Å²) in [5, 5.41) is 0. The molecule has 0 fully saturated rings. The molecule has 1 heterocycles. The predicted molar refractivity (Wildman–Crippen MR) is 79.4 cm³/mol. The second-order valence-corrected chi connectivity index (χ2v) is 5.80. The maximum absolute atomic E-state index is 5.59. The van der Waals surface area contributed by atoms with Crippen molar-refractivity contribution >= 4 is 11.3 Å². The van der Waals surface area contributed by atoms with Crippen LogP contribution in [0.4, 0.5) is 0 Å². The number of unbranched alkanes of at least 4 members (excludes halogenated alkanes) is 7. The summed E-state index contributed by atoms with van der Waals surface area (Å²) < 4.78 is 0. The Labute approximate surface area is 115 Å². The van der Waals surface area contributed by atoms with Gasteiger partial charge in [-0.25, -0.2) is 0 Å². The fourth-order valence-corrected chi connectivity index (χ4v) is 2.90. The molecule has 0 aliphatic carbocycles. The summed E-state index contributed by atoms with van der Waals surface area (Å²) in [5.74, 6) is 5.59. The molecule has 0 amide bonds. The Balaban J connectivity index is 1.99. The summed E-state index contributed by atoms with van der Waals surface area (Å²) >= 11 is 1.68. The summed E-state index contributed by atoms with van der Waals surface area (Å²) in [6.45, 7) is 2.26. The average Bonchev–Trinajstić information content (AvgIpc) is 2.91. The maximum atomic E-state index is 5.59. The van der Waals surface area contributed by atoms with Gasteiger partial charge in [0.1, 0.15) is 0 Å². The maximum Gasteiger partial charge on any atom is 0.0794 e. The Morgan fingerprint density at radius 3 is 2.39 bits per heavy atom. The second kappa shape index (κ2) is 10.5. The van der Waals surface area contributed by atoms with Gasteiger partial charge in [0.15, 0.2) is 0 Å². The van der Waals surface area contributed by atoms with Crippen LogP contribution in [0.2, 0.25) is 0 Å². The third-order valence-electron chi connectivity index (χ3n) is 3.34. The highest BCUT2D eigenvalue weighted by molar-refractivity contribution is 7.09. The van der Waals surface area contributed by atoms with Crippen LogP contribution in [0.15, 0.2) is 11.7 Å². The molecule has 0 bridgehead atoms. The van der Waals surface area contributed by atoms with E-state index in [1.807, 2.05) is 11.7 Å². The van der Waals surface area contributed by atoms with Crippen LogP contribution in [0, 0.1) is 0 Å². The molecule has 3 nitrogen and oxygen atoms in total. The van der Waals surface area contributed by atoms with Gasteiger partial charge in [0.25, 0.3) is 0 Å². The van der Waals surface area contributed by atoms with E-state index in [9.17, 15) is 0 Å². The van der Waals surface area contributed by atoms with Gasteiger partial charge in [-0.05, 0) is 6.42 Å². The Morgan fingerprint density at radius 2 is 1.83 bits per heavy atom. The molecule has 1 aromatic heterocycles. The van der Waals surface area contributed by atoms with Gasteiger partial charge < -0.3 is 0 Å². The number of nitrogens with zero attached hydrogens (tertiary/aromatic N) is 1. The van der Waals surface area contributed by atoms with Crippen LogP contribution in [-0.2, 0) is 0 Å². The molecule has 0 aliphatic rings. The fraction of sp³-hybridized carbons (Fsp3) is 0.786. The van der Waals surface area contributed by atoms with E-state index in [1.54, 1.807) is 11.3 Å². The lowest BCUT2D eigenvalue weighted by Crippen LogP contribution is -2.27. The highest BCUT2D eigenvalue weighted by atomic mass is 32.1. The minimum absolute atomic E-state index is 0.289. The monoisotopic (exact) mass is 269 g/mol. The number of hydrogen-bond donors (Lipinski definition) is 2. The molecule has 104 valence electrons. The third-order valence-corrected chi connectivity index (χ3v) is 4.23. The van der Waals surface area contributed by atoms with Crippen LogP contribution < -0.4 is 11.3 Å². The summed E-state index contributed by atoms with van der Waals surface area (Å²) in [5.41, 5.74) is 4.76. The molecule has 0 saturated heterocycles. The molecule has 3 N–H and O–H groups in total. The van der Waals surface area contributed by atoms with E-state index in [-0.39, 0.29) is 6.04 Å². The van der Waals surface area contributed by atoms with E-state index in [4.69, 9.17) is 5.84 Å². The molecule has 1 aromatic rings. The number of nitrogens with one attached hydrogen (secondary N) is 1. The SMILES string of the molecule is CCCCCCCCCCC(NN)c1cncs1. The quantitative estimate of drug-likeness (QED) is 0.360. The van der Waals surface area contributed by atoms with Crippen molar-refractivity contribution in [2.45, 2.75) is 70.8 Å². The van der Waals surface area contributed by atoms with Crippen molar-refractivity contribution in [2.24, 2.45) is 5.84 Å². The topological polar surface area (TPSA) is 50.9 Å². The third kappa shape index (κ3) is 6.47. The van der Waals surface area contributed by atoms with Gasteiger partial charge in [0.05, 0.1) is 11.6 Å². The van der Waals surface area contributed by atoms with E-state index in [1.165, 1.54) is 56.2 Å². The van der Waals surface area contributed by atoms with Crippen molar-refractivity contribution in [1.82, 2.24) is 10.4 Å². The van der Waals surface area contributed by atoms with Gasteiger partial charge >= 0.3 is 0 Å². The molecule has 0 aromatic carbocycles. The molecule has 4 heteroatoms. The molecule has 0 radical (unpaired) electrons. The Morgan fingerprint density at radius 1 is 1.17 bits per heavy atom. The van der Waals surface area contributed by atoms with Crippen molar-refractivity contribution in [3.05, 3.63) is 16.6 Å². The highest BCUT2D eigenvalue weighted by Crippen LogP contribution is 2.22. The number of aromatic nitrogens is 1. The van der Waals surface area contributed by atoms with Gasteiger partial charge in [-0.1, -0.05) is 58.3 Å². The van der Waals surface area contributed by atoms with Crippen LogP contribution in [0.1, 0.15) is 75.6 Å². The lowest BCUT2D eigenvalue weighted by atomic mass is 10.0. The fourth-order valence-electron chi connectivity index (χ4n) is 2.19. The van der Waals surface area contributed by atoms with Gasteiger partial charge in [-0.3, -0.25) is 16.3 Å². The van der Waals surface area contributed by atoms with E-state index >= 15 is 0 Å². The first kappa shape index (κ1) is 15.6. The minimum atomic E-state index is 0.289. The van der Waals surface area contributed by atoms with Crippen molar-refractivity contribution in [1.29, 1.82) is 0 Å². The van der Waals surface area contributed by atoms with Gasteiger partial charge in [0, 0.05) is 11.1 Å². The van der Waals surface area contributed by atoms with Crippen LogP contribution in [0.3, 0.4) is 0 Å². The Hall–Kier alpha value is -0.450. The lowest BCUT2D eigenvalue weighted by molar-refractivity contribution is 0.480. The van der Waals surface area contributed by atoms with Gasteiger partial charge in [-0.2, -0.15) is 0 Å². The number of hydrogen-bond acceptors (Lipinski definition) is 4. The van der Waals surface area contributed by atoms with Crippen molar-refractivity contribution in [3.63, 3.8) is 0 Å². The normalized spacial score (nSPS) is 12.8. The Kier molecular flexibility index (Phi) is 9.08. The van der Waals surface area contributed by atoms with Crippen LogP contribution >= 0.6 is 11.3 Å². The molecule has 0 saturated carbocycles. The zero-order valence-electron chi connectivity index (χ0n) is 11.5. The summed E-state index contributed by atoms with van der Waals surface area (Å²) in [6, 6.07) is 0.289. The Bertz CT molecular complexity index is 275. The van der Waals surface area contributed by atoms with E-state index in [2.05, 4.69) is 17.3 Å². The minimum Gasteiger partial charge on any atom is -0.271 e. The van der Waals surface area contributed by atoms with Crippen LogP contribution in [0.25, 0.3) is 0 Å². The molecule has 0 spiro atoms. The highest BCUT2D eigenvalue weighted by Gasteiger charge is 2.10. The first-order valence-electron chi connectivity index (χ1n) is 7.23. The predicted octanol–water partition coefficient (Wildman–Crippen LogP) is 4.18. The molecule has 1 rings (SSSR count). The van der Waals surface area contributed by atoms with Crippen LogP contribution in [0.5, 0.6) is 0 Å². The zero-order valence-corrected chi connectivity index (χ0v) is 12.3. The molecule has 18 heavy (non-hydrogen) atoms. The van der Waals surface area contributed by atoms with Crippen molar-refractivity contribution < 1.29 is 0 Å². The standard InChI is InChI=1S/C14H27N3S/c1-2-3-4-5-6-7-8-9-10-13(17-15)14-11-16-12-18-14/h11-13,17H,2-10,15H2,1H3. The van der Waals surface area contributed by atoms with E-state index in [0.717, 1.165) is 6.42 Å². The summed E-state index contributed by atoms with van der Waals surface area (Å²) in [6.07, 6.45) is 13.9.